The molecule has 0 bridgehead atoms. The number of ether oxygens (including phenoxy) is 1. The molecule has 2 atom stereocenters. The van der Waals surface area contributed by atoms with Crippen LogP contribution in [0.4, 0.5) is 0 Å². The predicted molar refractivity (Wildman–Crippen MR) is 79.4 cm³/mol. The van der Waals surface area contributed by atoms with Crippen molar-refractivity contribution in [1.29, 1.82) is 0 Å². The lowest BCUT2D eigenvalue weighted by Crippen LogP contribution is -2.46. The fourth-order valence-electron chi connectivity index (χ4n) is 2.79. The number of nitrogens with zero attached hydrogens (tertiary/aromatic N) is 1. The maximum absolute atomic E-state index is 5.05. The molecule has 0 amide bonds. The quantitative estimate of drug-likeness (QED) is 0.753. The Morgan fingerprint density at radius 3 is 3.06 bits per heavy atom. The zero-order valence-electron chi connectivity index (χ0n) is 11.5. The summed E-state index contributed by atoms with van der Waals surface area (Å²) in [5.74, 6) is 2.17. The summed E-state index contributed by atoms with van der Waals surface area (Å²) in [6.07, 6.45) is 9.14. The Hall–Kier alpha value is -0.220. The topological polar surface area (TPSA) is 33.6 Å². The van der Waals surface area contributed by atoms with Gasteiger partial charge in [-0.1, -0.05) is 24.6 Å². The number of aliphatic imine (C=N–C) groups is 1. The van der Waals surface area contributed by atoms with Crippen molar-refractivity contribution in [2.24, 2.45) is 10.9 Å². The van der Waals surface area contributed by atoms with Crippen LogP contribution < -0.4 is 5.32 Å². The van der Waals surface area contributed by atoms with Crippen LogP contribution in [-0.4, -0.2) is 37.2 Å². The van der Waals surface area contributed by atoms with E-state index in [2.05, 4.69) is 5.32 Å². The van der Waals surface area contributed by atoms with Gasteiger partial charge in [-0.2, -0.15) is 0 Å². The first-order valence-corrected chi connectivity index (χ1v) is 8.31. The first kappa shape index (κ1) is 14.2. The third-order valence-electron chi connectivity index (χ3n) is 3.91. The van der Waals surface area contributed by atoms with Crippen molar-refractivity contribution in [1.82, 2.24) is 5.32 Å². The van der Waals surface area contributed by atoms with Crippen LogP contribution in [0.5, 0.6) is 0 Å². The van der Waals surface area contributed by atoms with E-state index in [-0.39, 0.29) is 0 Å². The molecule has 0 spiro atoms. The van der Waals surface area contributed by atoms with Gasteiger partial charge in [-0.3, -0.25) is 4.99 Å². The molecule has 0 aromatic rings. The molecule has 1 N–H and O–H groups in total. The van der Waals surface area contributed by atoms with Crippen LogP contribution >= 0.6 is 11.8 Å². The SMILES string of the molecule is COCCCCCN=C1NC2CCCCC2CS1. The van der Waals surface area contributed by atoms with E-state index in [0.717, 1.165) is 25.5 Å². The van der Waals surface area contributed by atoms with Gasteiger partial charge in [0.15, 0.2) is 5.17 Å². The molecule has 2 aliphatic rings. The van der Waals surface area contributed by atoms with Crippen LogP contribution in [0.3, 0.4) is 0 Å². The Balaban J connectivity index is 1.63. The molecule has 3 nitrogen and oxygen atoms in total. The van der Waals surface area contributed by atoms with Crippen LogP contribution in [0, 0.1) is 5.92 Å². The summed E-state index contributed by atoms with van der Waals surface area (Å²) in [5, 5.41) is 4.84. The number of fused-ring (bicyclic) bond motifs is 1. The molecule has 1 saturated carbocycles. The van der Waals surface area contributed by atoms with Gasteiger partial charge in [0.05, 0.1) is 0 Å². The van der Waals surface area contributed by atoms with Crippen LogP contribution in [0.2, 0.25) is 0 Å². The van der Waals surface area contributed by atoms with Gasteiger partial charge in [0, 0.05) is 32.1 Å². The minimum absolute atomic E-state index is 0.715. The van der Waals surface area contributed by atoms with Crippen molar-refractivity contribution in [2.45, 2.75) is 51.0 Å². The minimum atomic E-state index is 0.715. The number of nitrogens with one attached hydrogen (secondary N) is 1. The smallest absolute Gasteiger partial charge is 0.156 e. The van der Waals surface area contributed by atoms with Gasteiger partial charge in [-0.15, -0.1) is 0 Å². The molecule has 1 aliphatic heterocycles. The number of rotatable bonds is 6. The number of thioether (sulfide) groups is 1. The van der Waals surface area contributed by atoms with E-state index in [9.17, 15) is 0 Å². The highest BCUT2D eigenvalue weighted by atomic mass is 32.2. The highest BCUT2D eigenvalue weighted by Gasteiger charge is 2.29. The average molecular weight is 270 g/mol. The van der Waals surface area contributed by atoms with Gasteiger partial charge in [0.25, 0.3) is 0 Å². The molecule has 2 fully saturated rings. The molecule has 0 radical (unpaired) electrons. The first-order valence-electron chi connectivity index (χ1n) is 7.33. The number of hydrogen-bond donors (Lipinski definition) is 1. The second kappa shape index (κ2) is 8.05. The van der Waals surface area contributed by atoms with Crippen molar-refractivity contribution in [3.05, 3.63) is 0 Å². The standard InChI is InChI=1S/C14H26N2OS/c1-17-10-6-2-5-9-15-14-16-13-8-4-3-7-12(13)11-18-14/h12-13H,2-11H2,1H3,(H,15,16). The Labute approximate surface area is 115 Å². The van der Waals surface area contributed by atoms with Gasteiger partial charge in [-0.05, 0) is 38.0 Å². The third-order valence-corrected chi connectivity index (χ3v) is 5.03. The van der Waals surface area contributed by atoms with E-state index in [1.807, 2.05) is 11.8 Å². The Morgan fingerprint density at radius 2 is 2.17 bits per heavy atom. The second-order valence-electron chi connectivity index (χ2n) is 5.35. The number of hydrogen-bond acceptors (Lipinski definition) is 3. The van der Waals surface area contributed by atoms with Gasteiger partial charge >= 0.3 is 0 Å². The molecule has 2 unspecified atom stereocenters. The van der Waals surface area contributed by atoms with Crippen LogP contribution in [0.1, 0.15) is 44.9 Å². The molecule has 2 rings (SSSR count). The Morgan fingerprint density at radius 1 is 1.28 bits per heavy atom. The lowest BCUT2D eigenvalue weighted by molar-refractivity contribution is 0.192. The van der Waals surface area contributed by atoms with Gasteiger partial charge in [0.2, 0.25) is 0 Å². The van der Waals surface area contributed by atoms with Crippen LogP contribution in [0.25, 0.3) is 0 Å². The Kier molecular flexibility index (Phi) is 6.35. The molecule has 0 aromatic heterocycles. The van der Waals surface area contributed by atoms with Gasteiger partial charge in [0.1, 0.15) is 0 Å². The average Bonchev–Trinajstić information content (AvgIpc) is 2.42. The lowest BCUT2D eigenvalue weighted by atomic mass is 9.86. The Bertz CT molecular complexity index is 271. The van der Waals surface area contributed by atoms with E-state index < -0.39 is 0 Å². The highest BCUT2D eigenvalue weighted by Crippen LogP contribution is 2.31. The van der Waals surface area contributed by atoms with Crippen LogP contribution in [0.15, 0.2) is 4.99 Å². The van der Waals surface area contributed by atoms with E-state index in [0.29, 0.717) is 6.04 Å². The largest absolute Gasteiger partial charge is 0.385 e. The molecule has 1 saturated heterocycles. The van der Waals surface area contributed by atoms with Crippen molar-refractivity contribution >= 4 is 16.9 Å². The predicted octanol–water partition coefficient (Wildman–Crippen LogP) is 3.05. The summed E-state index contributed by atoms with van der Waals surface area (Å²) in [6, 6.07) is 0.715. The number of unbranched alkanes of at least 4 members (excludes halogenated alkanes) is 2. The summed E-state index contributed by atoms with van der Waals surface area (Å²) in [5.41, 5.74) is 0. The van der Waals surface area contributed by atoms with Crippen molar-refractivity contribution in [3.63, 3.8) is 0 Å². The summed E-state index contributed by atoms with van der Waals surface area (Å²) >= 11 is 1.93. The zero-order valence-corrected chi connectivity index (χ0v) is 12.3. The minimum Gasteiger partial charge on any atom is -0.385 e. The van der Waals surface area contributed by atoms with E-state index in [1.165, 1.54) is 49.4 Å². The zero-order chi connectivity index (χ0) is 12.6. The van der Waals surface area contributed by atoms with Crippen molar-refractivity contribution < 1.29 is 4.74 Å². The highest BCUT2D eigenvalue weighted by molar-refractivity contribution is 8.13. The number of methoxy groups -OCH3 is 1. The molecular formula is C14H26N2OS. The van der Waals surface area contributed by atoms with Gasteiger partial charge in [-0.25, -0.2) is 0 Å². The summed E-state index contributed by atoms with van der Waals surface area (Å²) in [4.78, 5) is 4.70. The summed E-state index contributed by atoms with van der Waals surface area (Å²) in [6.45, 7) is 1.85. The lowest BCUT2D eigenvalue weighted by Gasteiger charge is -2.36. The van der Waals surface area contributed by atoms with E-state index >= 15 is 0 Å². The number of amidine groups is 1. The molecule has 18 heavy (non-hydrogen) atoms. The molecule has 4 heteroatoms. The fraction of sp³-hybridized carbons (Fsp3) is 0.929. The van der Waals surface area contributed by atoms with E-state index in [1.54, 1.807) is 7.11 Å². The molecule has 1 aliphatic carbocycles. The summed E-state index contributed by atoms with van der Waals surface area (Å²) in [7, 11) is 1.77. The fourth-order valence-corrected chi connectivity index (χ4v) is 3.98. The van der Waals surface area contributed by atoms with Crippen LogP contribution in [-0.2, 0) is 4.74 Å². The van der Waals surface area contributed by atoms with Crippen molar-refractivity contribution in [2.75, 3.05) is 26.0 Å². The molecule has 104 valence electrons. The van der Waals surface area contributed by atoms with Gasteiger partial charge < -0.3 is 10.1 Å². The van der Waals surface area contributed by atoms with Crippen molar-refractivity contribution in [3.8, 4) is 0 Å². The molecular weight excluding hydrogens is 244 g/mol. The normalized spacial score (nSPS) is 29.9. The maximum atomic E-state index is 5.05. The monoisotopic (exact) mass is 270 g/mol. The third kappa shape index (κ3) is 4.47. The van der Waals surface area contributed by atoms with E-state index in [4.69, 9.17) is 9.73 Å². The molecule has 1 heterocycles. The maximum Gasteiger partial charge on any atom is 0.156 e. The molecule has 0 aromatic carbocycles. The first-order chi connectivity index (χ1) is 8.90. The summed E-state index contributed by atoms with van der Waals surface area (Å²) < 4.78 is 5.05. The second-order valence-corrected chi connectivity index (χ2v) is 6.36.